The second-order valence-corrected chi connectivity index (χ2v) is 6.79. The molecule has 1 aromatic carbocycles. The van der Waals surface area contributed by atoms with Gasteiger partial charge in [-0.2, -0.15) is 5.10 Å². The largest absolute Gasteiger partial charge is 0.373 e. The molecule has 6 nitrogen and oxygen atoms in total. The average Bonchev–Trinajstić information content (AvgIpc) is 2.87. The van der Waals surface area contributed by atoms with E-state index in [1.54, 1.807) is 4.68 Å². The predicted molar refractivity (Wildman–Crippen MR) is 93.4 cm³/mol. The van der Waals surface area contributed by atoms with E-state index in [2.05, 4.69) is 15.3 Å². The Morgan fingerprint density at radius 3 is 2.79 bits per heavy atom. The zero-order valence-electron chi connectivity index (χ0n) is 14.5. The van der Waals surface area contributed by atoms with Gasteiger partial charge in [-0.25, -0.2) is 4.68 Å². The van der Waals surface area contributed by atoms with Gasteiger partial charge in [0.05, 0.1) is 30.1 Å². The average molecular weight is 328 g/mol. The monoisotopic (exact) mass is 328 g/mol. The number of ether oxygens (including phenoxy) is 1. The van der Waals surface area contributed by atoms with Crippen LogP contribution in [0.5, 0.6) is 0 Å². The lowest BCUT2D eigenvalue weighted by Crippen LogP contribution is -2.50. The van der Waals surface area contributed by atoms with Crippen LogP contribution in [0.1, 0.15) is 19.5 Å². The van der Waals surface area contributed by atoms with Gasteiger partial charge in [-0.3, -0.25) is 9.69 Å². The van der Waals surface area contributed by atoms with Crippen molar-refractivity contribution in [2.75, 3.05) is 31.6 Å². The lowest BCUT2D eigenvalue weighted by atomic mass is 10.1. The van der Waals surface area contributed by atoms with Crippen molar-refractivity contribution in [2.24, 2.45) is 0 Å². The fraction of sp³-hybridized carbons (Fsp3) is 0.444. The van der Waals surface area contributed by atoms with Gasteiger partial charge < -0.3 is 10.1 Å². The number of anilines is 1. The third-order valence-corrected chi connectivity index (χ3v) is 3.97. The van der Waals surface area contributed by atoms with E-state index >= 15 is 0 Å². The van der Waals surface area contributed by atoms with Crippen LogP contribution in [0.2, 0.25) is 0 Å². The molecule has 2 heterocycles. The molecule has 0 bridgehead atoms. The second kappa shape index (κ2) is 6.75. The Balaban J connectivity index is 1.69. The molecule has 1 aliphatic rings. The molecule has 0 atom stereocenters. The first-order chi connectivity index (χ1) is 11.4. The van der Waals surface area contributed by atoms with E-state index in [4.69, 9.17) is 4.74 Å². The summed E-state index contributed by atoms with van der Waals surface area (Å²) in [4.78, 5) is 14.6. The zero-order chi connectivity index (χ0) is 17.2. The molecule has 1 amide bonds. The van der Waals surface area contributed by atoms with Gasteiger partial charge in [0.1, 0.15) is 5.82 Å². The number of nitrogens with zero attached hydrogens (tertiary/aromatic N) is 3. The smallest absolute Gasteiger partial charge is 0.239 e. The first-order valence-corrected chi connectivity index (χ1v) is 8.21. The highest BCUT2D eigenvalue weighted by atomic mass is 16.5. The number of rotatable bonds is 4. The Labute approximate surface area is 142 Å². The fourth-order valence-corrected chi connectivity index (χ4v) is 2.99. The van der Waals surface area contributed by atoms with Crippen molar-refractivity contribution in [1.82, 2.24) is 14.7 Å². The molecule has 1 aromatic heterocycles. The Morgan fingerprint density at radius 2 is 2.08 bits per heavy atom. The maximum absolute atomic E-state index is 12.4. The van der Waals surface area contributed by atoms with Gasteiger partial charge in [0.15, 0.2) is 0 Å². The number of carbonyl (C=O) groups is 1. The third-order valence-electron chi connectivity index (χ3n) is 3.97. The molecule has 1 aliphatic heterocycles. The molecule has 2 aromatic rings. The van der Waals surface area contributed by atoms with Gasteiger partial charge in [0.2, 0.25) is 5.91 Å². The molecule has 0 spiro atoms. The van der Waals surface area contributed by atoms with E-state index in [9.17, 15) is 4.79 Å². The summed E-state index contributed by atoms with van der Waals surface area (Å²) in [5.74, 6) is 0.654. The minimum absolute atomic E-state index is 0.0372. The molecular weight excluding hydrogens is 304 g/mol. The summed E-state index contributed by atoms with van der Waals surface area (Å²) in [6.45, 7) is 8.54. The Hall–Kier alpha value is -2.18. The van der Waals surface area contributed by atoms with Gasteiger partial charge in [0, 0.05) is 19.2 Å². The van der Waals surface area contributed by atoms with Gasteiger partial charge in [-0.05, 0) is 32.9 Å². The summed E-state index contributed by atoms with van der Waals surface area (Å²) < 4.78 is 7.45. The Kier molecular flexibility index (Phi) is 4.69. The highest BCUT2D eigenvalue weighted by Gasteiger charge is 2.28. The number of aryl methyl sites for hydroxylation is 1. The molecule has 0 unspecified atom stereocenters. The summed E-state index contributed by atoms with van der Waals surface area (Å²) in [6, 6.07) is 11.7. The lowest BCUT2D eigenvalue weighted by Gasteiger charge is -2.37. The summed E-state index contributed by atoms with van der Waals surface area (Å²) in [5.41, 5.74) is 1.58. The van der Waals surface area contributed by atoms with Crippen LogP contribution < -0.4 is 5.32 Å². The number of para-hydroxylation sites is 1. The number of aromatic nitrogens is 2. The summed E-state index contributed by atoms with van der Waals surface area (Å²) in [5, 5.41) is 7.46. The molecule has 1 fully saturated rings. The summed E-state index contributed by atoms with van der Waals surface area (Å²) in [6.07, 6.45) is 0. The van der Waals surface area contributed by atoms with Crippen molar-refractivity contribution in [2.45, 2.75) is 26.4 Å². The molecule has 1 saturated heterocycles. The Morgan fingerprint density at radius 1 is 1.33 bits per heavy atom. The van der Waals surface area contributed by atoms with Crippen molar-refractivity contribution in [3.8, 4) is 5.69 Å². The molecular formula is C18H24N4O2. The second-order valence-electron chi connectivity index (χ2n) is 6.79. The zero-order valence-corrected chi connectivity index (χ0v) is 14.5. The van der Waals surface area contributed by atoms with Crippen LogP contribution in [-0.4, -0.2) is 52.4 Å². The molecule has 3 rings (SSSR count). The number of amides is 1. The van der Waals surface area contributed by atoms with E-state index in [1.165, 1.54) is 0 Å². The van der Waals surface area contributed by atoms with Crippen LogP contribution in [0.15, 0.2) is 36.4 Å². The van der Waals surface area contributed by atoms with E-state index < -0.39 is 0 Å². The number of morpholine rings is 1. The minimum Gasteiger partial charge on any atom is -0.373 e. The van der Waals surface area contributed by atoms with Crippen LogP contribution in [0.4, 0.5) is 5.82 Å². The van der Waals surface area contributed by atoms with Crippen LogP contribution in [0, 0.1) is 6.92 Å². The highest BCUT2D eigenvalue weighted by molar-refractivity contribution is 5.91. The molecule has 0 saturated carbocycles. The number of benzene rings is 1. The van der Waals surface area contributed by atoms with Crippen molar-refractivity contribution >= 4 is 11.7 Å². The van der Waals surface area contributed by atoms with Crippen LogP contribution in [0.3, 0.4) is 0 Å². The molecule has 0 radical (unpaired) electrons. The number of hydrogen-bond donors (Lipinski definition) is 1. The van der Waals surface area contributed by atoms with E-state index in [-0.39, 0.29) is 11.5 Å². The topological polar surface area (TPSA) is 59.4 Å². The molecule has 1 N–H and O–H groups in total. The van der Waals surface area contributed by atoms with Gasteiger partial charge in [-0.15, -0.1) is 0 Å². The first-order valence-electron chi connectivity index (χ1n) is 8.21. The van der Waals surface area contributed by atoms with Gasteiger partial charge in [0.25, 0.3) is 0 Å². The summed E-state index contributed by atoms with van der Waals surface area (Å²) in [7, 11) is 0. The van der Waals surface area contributed by atoms with Gasteiger partial charge in [-0.1, -0.05) is 18.2 Å². The van der Waals surface area contributed by atoms with Gasteiger partial charge >= 0.3 is 0 Å². The summed E-state index contributed by atoms with van der Waals surface area (Å²) >= 11 is 0. The molecule has 0 aliphatic carbocycles. The number of nitrogens with one attached hydrogen (secondary N) is 1. The Bertz CT molecular complexity index is 709. The molecule has 128 valence electrons. The fourth-order valence-electron chi connectivity index (χ4n) is 2.99. The van der Waals surface area contributed by atoms with Crippen LogP contribution >= 0.6 is 0 Å². The lowest BCUT2D eigenvalue weighted by molar-refractivity contribution is -0.122. The highest BCUT2D eigenvalue weighted by Crippen LogP contribution is 2.18. The standard InChI is InChI=1S/C18H24N4O2/c1-14-11-16(22(20-14)15-7-5-4-6-8-15)19-17(23)12-21-9-10-24-18(2,3)13-21/h4-8,11H,9-10,12-13H2,1-3H3,(H,19,23). The van der Waals surface area contributed by atoms with Crippen molar-refractivity contribution in [3.63, 3.8) is 0 Å². The molecule has 24 heavy (non-hydrogen) atoms. The quantitative estimate of drug-likeness (QED) is 0.935. The van der Waals surface area contributed by atoms with Crippen molar-refractivity contribution in [1.29, 1.82) is 0 Å². The van der Waals surface area contributed by atoms with E-state index in [0.29, 0.717) is 19.0 Å². The number of hydrogen-bond acceptors (Lipinski definition) is 4. The maximum Gasteiger partial charge on any atom is 0.239 e. The van der Waals surface area contributed by atoms with Crippen molar-refractivity contribution < 1.29 is 9.53 Å². The molecule has 6 heteroatoms. The maximum atomic E-state index is 12.4. The van der Waals surface area contributed by atoms with E-state index in [0.717, 1.165) is 24.5 Å². The van der Waals surface area contributed by atoms with Crippen molar-refractivity contribution in [3.05, 3.63) is 42.1 Å². The predicted octanol–water partition coefficient (Wildman–Crippen LogP) is 2.23. The SMILES string of the molecule is Cc1cc(NC(=O)CN2CCOC(C)(C)C2)n(-c2ccccc2)n1. The minimum atomic E-state index is -0.207. The van der Waals surface area contributed by atoms with Crippen LogP contribution in [0.25, 0.3) is 5.69 Å². The van der Waals surface area contributed by atoms with E-state index in [1.807, 2.05) is 57.2 Å². The first kappa shape index (κ1) is 16.7. The van der Waals surface area contributed by atoms with Crippen LogP contribution in [-0.2, 0) is 9.53 Å². The normalized spacial score (nSPS) is 17.6. The third kappa shape index (κ3) is 4.01. The number of carbonyl (C=O) groups excluding carboxylic acids is 1.